The van der Waals surface area contributed by atoms with E-state index >= 15 is 0 Å². The summed E-state index contributed by atoms with van der Waals surface area (Å²) in [7, 11) is 0. The van der Waals surface area contributed by atoms with Gasteiger partial charge in [-0.2, -0.15) is 0 Å². The van der Waals surface area contributed by atoms with E-state index in [2.05, 4.69) is 11.0 Å². The monoisotopic (exact) mass is 324 g/mol. The Bertz CT molecular complexity index is 664. The highest BCUT2D eigenvalue weighted by molar-refractivity contribution is 5.76. The molecule has 0 aromatic heterocycles. The predicted molar refractivity (Wildman–Crippen MR) is 96.7 cm³/mol. The van der Waals surface area contributed by atoms with Crippen LogP contribution < -0.4 is 9.64 Å². The van der Waals surface area contributed by atoms with Crippen molar-refractivity contribution in [1.29, 1.82) is 0 Å². The number of rotatable bonds is 5. The lowest BCUT2D eigenvalue weighted by molar-refractivity contribution is -0.131. The molecule has 4 nitrogen and oxygen atoms in total. The summed E-state index contributed by atoms with van der Waals surface area (Å²) < 4.78 is 6.05. The summed E-state index contributed by atoms with van der Waals surface area (Å²) in [5.74, 6) is 1.96. The fraction of sp³-hybridized carbons (Fsp3) is 0.350. The number of para-hydroxylation sites is 3. The Kier molecular flexibility index (Phi) is 5.36. The molecule has 0 atom stereocenters. The van der Waals surface area contributed by atoms with Crippen molar-refractivity contribution >= 4 is 11.6 Å². The minimum Gasteiger partial charge on any atom is -0.455 e. The second kappa shape index (κ2) is 7.86. The van der Waals surface area contributed by atoms with Crippen LogP contribution in [0.1, 0.15) is 19.8 Å². The third kappa shape index (κ3) is 3.88. The van der Waals surface area contributed by atoms with Crippen LogP contribution in [0.2, 0.25) is 0 Å². The van der Waals surface area contributed by atoms with Gasteiger partial charge in [0.1, 0.15) is 5.75 Å². The van der Waals surface area contributed by atoms with Crippen LogP contribution in [0.5, 0.6) is 11.5 Å². The van der Waals surface area contributed by atoms with Crippen LogP contribution >= 0.6 is 0 Å². The lowest BCUT2D eigenvalue weighted by Gasteiger charge is -2.36. The van der Waals surface area contributed by atoms with Gasteiger partial charge < -0.3 is 14.5 Å². The lowest BCUT2D eigenvalue weighted by atomic mass is 10.2. The van der Waals surface area contributed by atoms with Gasteiger partial charge in [-0.25, -0.2) is 0 Å². The van der Waals surface area contributed by atoms with Crippen molar-refractivity contribution in [2.24, 2.45) is 0 Å². The largest absolute Gasteiger partial charge is 0.455 e. The number of nitrogens with zero attached hydrogens (tertiary/aromatic N) is 2. The van der Waals surface area contributed by atoms with Crippen molar-refractivity contribution in [3.63, 3.8) is 0 Å². The van der Waals surface area contributed by atoms with Gasteiger partial charge in [0.25, 0.3) is 0 Å². The standard InChI is InChI=1S/C20H24N2O2/c1-2-8-20(23)22-15-13-21(14-16-22)18-11-6-7-12-19(18)24-17-9-4-3-5-10-17/h3-7,9-12H,2,8,13-16H2,1H3. The highest BCUT2D eigenvalue weighted by atomic mass is 16.5. The predicted octanol–water partition coefficient (Wildman–Crippen LogP) is 3.93. The van der Waals surface area contributed by atoms with E-state index in [1.807, 2.05) is 60.4 Å². The molecule has 24 heavy (non-hydrogen) atoms. The van der Waals surface area contributed by atoms with E-state index in [1.165, 1.54) is 0 Å². The van der Waals surface area contributed by atoms with E-state index in [0.29, 0.717) is 6.42 Å². The molecule has 2 aromatic carbocycles. The highest BCUT2D eigenvalue weighted by Gasteiger charge is 2.22. The summed E-state index contributed by atoms with van der Waals surface area (Å²) in [6, 6.07) is 17.9. The summed E-state index contributed by atoms with van der Waals surface area (Å²) in [6.07, 6.45) is 1.56. The molecule has 1 amide bonds. The number of ether oxygens (including phenoxy) is 1. The van der Waals surface area contributed by atoms with Crippen molar-refractivity contribution in [1.82, 2.24) is 4.90 Å². The molecule has 0 spiro atoms. The third-order valence-electron chi connectivity index (χ3n) is 4.27. The summed E-state index contributed by atoms with van der Waals surface area (Å²) in [6.45, 7) is 5.28. The van der Waals surface area contributed by atoms with Crippen LogP contribution in [0.4, 0.5) is 5.69 Å². The Hall–Kier alpha value is -2.49. The first-order valence-corrected chi connectivity index (χ1v) is 8.62. The van der Waals surface area contributed by atoms with E-state index in [0.717, 1.165) is 49.8 Å². The van der Waals surface area contributed by atoms with Gasteiger partial charge in [0.2, 0.25) is 5.91 Å². The Labute approximate surface area is 143 Å². The number of hydrogen-bond donors (Lipinski definition) is 0. The van der Waals surface area contributed by atoms with E-state index in [1.54, 1.807) is 0 Å². The van der Waals surface area contributed by atoms with Crippen molar-refractivity contribution in [2.45, 2.75) is 19.8 Å². The van der Waals surface area contributed by atoms with E-state index in [9.17, 15) is 4.79 Å². The lowest BCUT2D eigenvalue weighted by Crippen LogP contribution is -2.48. The summed E-state index contributed by atoms with van der Waals surface area (Å²) in [5.41, 5.74) is 1.09. The quantitative estimate of drug-likeness (QED) is 0.835. The second-order valence-electron chi connectivity index (χ2n) is 6.00. The van der Waals surface area contributed by atoms with Gasteiger partial charge in [0.05, 0.1) is 5.69 Å². The van der Waals surface area contributed by atoms with Gasteiger partial charge >= 0.3 is 0 Å². The number of anilines is 1. The molecule has 4 heteroatoms. The van der Waals surface area contributed by atoms with Crippen LogP contribution in [0.3, 0.4) is 0 Å². The zero-order valence-electron chi connectivity index (χ0n) is 14.1. The molecule has 0 radical (unpaired) electrons. The van der Waals surface area contributed by atoms with Gasteiger partial charge in [0.15, 0.2) is 5.75 Å². The van der Waals surface area contributed by atoms with Crippen molar-refractivity contribution in [2.75, 3.05) is 31.1 Å². The topological polar surface area (TPSA) is 32.8 Å². The Morgan fingerprint density at radius 1 is 0.958 bits per heavy atom. The molecule has 0 N–H and O–H groups in total. The molecule has 1 heterocycles. The summed E-state index contributed by atoms with van der Waals surface area (Å²) in [5, 5.41) is 0. The van der Waals surface area contributed by atoms with Gasteiger partial charge in [0, 0.05) is 32.6 Å². The van der Waals surface area contributed by atoms with Crippen molar-refractivity contribution in [3.8, 4) is 11.5 Å². The zero-order valence-corrected chi connectivity index (χ0v) is 14.1. The first-order valence-electron chi connectivity index (χ1n) is 8.62. The minimum atomic E-state index is 0.269. The molecule has 0 saturated carbocycles. The molecule has 2 aromatic rings. The number of amides is 1. The van der Waals surface area contributed by atoms with Crippen LogP contribution in [0.25, 0.3) is 0 Å². The fourth-order valence-corrected chi connectivity index (χ4v) is 2.99. The summed E-state index contributed by atoms with van der Waals surface area (Å²) in [4.78, 5) is 16.3. The first-order chi connectivity index (χ1) is 11.8. The summed E-state index contributed by atoms with van der Waals surface area (Å²) >= 11 is 0. The molecule has 1 aliphatic rings. The number of carbonyl (C=O) groups is 1. The minimum absolute atomic E-state index is 0.269. The van der Waals surface area contributed by atoms with Gasteiger partial charge in [-0.15, -0.1) is 0 Å². The first kappa shape index (κ1) is 16.4. The maximum atomic E-state index is 12.0. The Balaban J connectivity index is 1.69. The van der Waals surface area contributed by atoms with Crippen LogP contribution in [0, 0.1) is 0 Å². The number of hydrogen-bond acceptors (Lipinski definition) is 3. The molecule has 0 unspecified atom stereocenters. The molecule has 3 rings (SSSR count). The van der Waals surface area contributed by atoms with Gasteiger partial charge in [-0.05, 0) is 30.7 Å². The molecule has 1 saturated heterocycles. The second-order valence-corrected chi connectivity index (χ2v) is 6.00. The molecule has 1 fully saturated rings. The Morgan fingerprint density at radius 2 is 1.62 bits per heavy atom. The van der Waals surface area contributed by atoms with Crippen LogP contribution in [0.15, 0.2) is 54.6 Å². The average molecular weight is 324 g/mol. The normalized spacial score (nSPS) is 14.5. The highest BCUT2D eigenvalue weighted by Crippen LogP contribution is 2.32. The number of benzene rings is 2. The molecule has 0 bridgehead atoms. The smallest absolute Gasteiger partial charge is 0.222 e. The van der Waals surface area contributed by atoms with E-state index in [4.69, 9.17) is 4.74 Å². The Morgan fingerprint density at radius 3 is 2.33 bits per heavy atom. The molecule has 126 valence electrons. The molecule has 0 aliphatic carbocycles. The van der Waals surface area contributed by atoms with Crippen LogP contribution in [-0.2, 0) is 4.79 Å². The van der Waals surface area contributed by atoms with Crippen LogP contribution in [-0.4, -0.2) is 37.0 Å². The van der Waals surface area contributed by atoms with Crippen molar-refractivity contribution in [3.05, 3.63) is 54.6 Å². The number of piperazine rings is 1. The van der Waals surface area contributed by atoms with Gasteiger partial charge in [-0.1, -0.05) is 37.3 Å². The SMILES string of the molecule is CCCC(=O)N1CCN(c2ccccc2Oc2ccccc2)CC1. The van der Waals surface area contributed by atoms with Gasteiger partial charge in [-0.3, -0.25) is 4.79 Å². The zero-order chi connectivity index (χ0) is 16.8. The van der Waals surface area contributed by atoms with E-state index in [-0.39, 0.29) is 5.91 Å². The fourth-order valence-electron chi connectivity index (χ4n) is 2.99. The maximum absolute atomic E-state index is 12.0. The molecular formula is C20H24N2O2. The molecular weight excluding hydrogens is 300 g/mol. The number of carbonyl (C=O) groups excluding carboxylic acids is 1. The van der Waals surface area contributed by atoms with E-state index < -0.39 is 0 Å². The maximum Gasteiger partial charge on any atom is 0.222 e. The van der Waals surface area contributed by atoms with Crippen molar-refractivity contribution < 1.29 is 9.53 Å². The average Bonchev–Trinajstić information content (AvgIpc) is 2.63. The molecule has 1 aliphatic heterocycles. The third-order valence-corrected chi connectivity index (χ3v) is 4.27.